The Kier molecular flexibility index (Phi) is 8.32. The van der Waals surface area contributed by atoms with Crippen molar-refractivity contribution in [2.45, 2.75) is 13.0 Å². The highest BCUT2D eigenvalue weighted by Gasteiger charge is 2.46. The number of nitrogens with zero attached hydrogens (tertiary/aromatic N) is 1. The third-order valence-electron chi connectivity index (χ3n) is 5.38. The summed E-state index contributed by atoms with van der Waals surface area (Å²) in [5.41, 5.74) is 0.980. The second-order valence-electron chi connectivity index (χ2n) is 7.45. The lowest BCUT2D eigenvalue weighted by Crippen LogP contribution is -2.32. The Labute approximate surface area is 199 Å². The van der Waals surface area contributed by atoms with Gasteiger partial charge in [0.25, 0.3) is 11.7 Å². The summed E-state index contributed by atoms with van der Waals surface area (Å²) < 4.78 is 21.7. The number of aliphatic hydroxyl groups excluding tert-OH is 1. The molecule has 1 saturated heterocycles. The first-order chi connectivity index (χ1) is 16.5. The number of likely N-dealkylation sites (tertiary alicyclic amines) is 1. The molecule has 1 heterocycles. The lowest BCUT2D eigenvalue weighted by molar-refractivity contribution is -0.140. The van der Waals surface area contributed by atoms with Gasteiger partial charge in [-0.3, -0.25) is 9.59 Å². The number of amides is 1. The number of rotatable bonds is 11. The summed E-state index contributed by atoms with van der Waals surface area (Å²) in [6, 6.07) is 11.0. The van der Waals surface area contributed by atoms with E-state index >= 15 is 0 Å². The quantitative estimate of drug-likeness (QED) is 0.233. The van der Waals surface area contributed by atoms with E-state index in [9.17, 15) is 14.7 Å². The molecule has 1 aliphatic heterocycles. The molecule has 0 aliphatic carbocycles. The van der Waals surface area contributed by atoms with Crippen molar-refractivity contribution in [1.29, 1.82) is 0 Å². The minimum atomic E-state index is -0.830. The smallest absolute Gasteiger partial charge is 0.295 e. The van der Waals surface area contributed by atoms with E-state index in [1.807, 2.05) is 6.92 Å². The number of methoxy groups -OCH3 is 2. The molecule has 8 nitrogen and oxygen atoms in total. The zero-order valence-electron chi connectivity index (χ0n) is 19.6. The highest BCUT2D eigenvalue weighted by Crippen LogP contribution is 2.42. The van der Waals surface area contributed by atoms with Crippen LogP contribution in [0.15, 0.2) is 60.7 Å². The fraction of sp³-hybridized carbons (Fsp3) is 0.308. The molecule has 0 bridgehead atoms. The van der Waals surface area contributed by atoms with Crippen molar-refractivity contribution in [3.05, 3.63) is 71.8 Å². The van der Waals surface area contributed by atoms with E-state index in [2.05, 4.69) is 6.58 Å². The molecule has 2 aromatic carbocycles. The van der Waals surface area contributed by atoms with Gasteiger partial charge in [0.2, 0.25) is 0 Å². The lowest BCUT2D eigenvalue weighted by atomic mass is 9.95. The molecule has 8 heteroatoms. The summed E-state index contributed by atoms with van der Waals surface area (Å²) >= 11 is 0. The van der Waals surface area contributed by atoms with E-state index in [0.29, 0.717) is 41.6 Å². The molecule has 1 unspecified atom stereocenters. The average molecular weight is 468 g/mol. The van der Waals surface area contributed by atoms with Crippen LogP contribution in [0.25, 0.3) is 5.76 Å². The van der Waals surface area contributed by atoms with Gasteiger partial charge in [-0.05, 0) is 48.9 Å². The van der Waals surface area contributed by atoms with E-state index in [4.69, 9.17) is 18.9 Å². The predicted molar refractivity (Wildman–Crippen MR) is 127 cm³/mol. The lowest BCUT2D eigenvalue weighted by Gasteiger charge is -2.25. The van der Waals surface area contributed by atoms with Gasteiger partial charge in [-0.15, -0.1) is 0 Å². The molecule has 1 fully saturated rings. The van der Waals surface area contributed by atoms with Crippen molar-refractivity contribution in [2.24, 2.45) is 0 Å². The van der Waals surface area contributed by atoms with Gasteiger partial charge in [0.15, 0.2) is 11.5 Å². The third-order valence-corrected chi connectivity index (χ3v) is 5.38. The van der Waals surface area contributed by atoms with Gasteiger partial charge in [-0.2, -0.15) is 0 Å². The van der Waals surface area contributed by atoms with Crippen molar-refractivity contribution in [3.63, 3.8) is 0 Å². The first-order valence-corrected chi connectivity index (χ1v) is 10.9. The molecule has 1 amide bonds. The fourth-order valence-electron chi connectivity index (χ4n) is 3.80. The molecule has 2 aromatic rings. The summed E-state index contributed by atoms with van der Waals surface area (Å²) in [4.78, 5) is 27.4. The summed E-state index contributed by atoms with van der Waals surface area (Å²) in [7, 11) is 3.02. The summed E-state index contributed by atoms with van der Waals surface area (Å²) in [6.45, 7) is 6.70. The Bertz CT molecular complexity index is 1080. The van der Waals surface area contributed by atoms with Crippen LogP contribution in [-0.2, 0) is 14.3 Å². The number of hydrogen-bond acceptors (Lipinski definition) is 7. The Balaban J connectivity index is 2.11. The average Bonchev–Trinajstić information content (AvgIpc) is 3.11. The third kappa shape index (κ3) is 5.07. The number of carbonyl (C=O) groups excluding carboxylic acids is 2. The maximum Gasteiger partial charge on any atom is 0.295 e. The number of carbonyl (C=O) groups is 2. The minimum Gasteiger partial charge on any atom is -0.507 e. The molecule has 1 N–H and O–H groups in total. The Morgan fingerprint density at radius 3 is 2.44 bits per heavy atom. The number of ketones is 1. The first kappa shape index (κ1) is 24.9. The molecule has 1 atom stereocenters. The van der Waals surface area contributed by atoms with Crippen LogP contribution in [0.2, 0.25) is 0 Å². The SMILES string of the molecule is C=CCOc1ccc(C2/C(=C(/O)c3ccc(OCC)cc3)C(=O)C(=O)N2CCOC)cc1OC. The number of aliphatic hydroxyl groups is 1. The number of ether oxygens (including phenoxy) is 4. The van der Waals surface area contributed by atoms with E-state index in [1.165, 1.54) is 19.1 Å². The van der Waals surface area contributed by atoms with Crippen LogP contribution >= 0.6 is 0 Å². The van der Waals surface area contributed by atoms with Crippen molar-refractivity contribution >= 4 is 17.4 Å². The van der Waals surface area contributed by atoms with E-state index in [-0.39, 0.29) is 24.5 Å². The molecule has 3 rings (SSSR count). The fourth-order valence-corrected chi connectivity index (χ4v) is 3.80. The Hall–Kier alpha value is -3.78. The zero-order valence-corrected chi connectivity index (χ0v) is 19.6. The Morgan fingerprint density at radius 1 is 1.09 bits per heavy atom. The monoisotopic (exact) mass is 467 g/mol. The van der Waals surface area contributed by atoms with Crippen molar-refractivity contribution in [3.8, 4) is 17.2 Å². The van der Waals surface area contributed by atoms with E-state index in [0.717, 1.165) is 0 Å². The van der Waals surface area contributed by atoms with Gasteiger partial charge in [0.05, 0.1) is 31.9 Å². The maximum atomic E-state index is 13.1. The molecule has 180 valence electrons. The summed E-state index contributed by atoms with van der Waals surface area (Å²) in [5.74, 6) is -0.184. The van der Waals surface area contributed by atoms with E-state index in [1.54, 1.807) is 48.5 Å². The molecule has 0 radical (unpaired) electrons. The maximum absolute atomic E-state index is 13.1. The largest absolute Gasteiger partial charge is 0.507 e. The van der Waals surface area contributed by atoms with Crippen LogP contribution in [0.3, 0.4) is 0 Å². The van der Waals surface area contributed by atoms with E-state index < -0.39 is 17.7 Å². The summed E-state index contributed by atoms with van der Waals surface area (Å²) in [6.07, 6.45) is 1.61. The summed E-state index contributed by atoms with van der Waals surface area (Å²) in [5, 5.41) is 11.1. The van der Waals surface area contributed by atoms with Crippen LogP contribution in [0.5, 0.6) is 17.2 Å². The molecule has 0 spiro atoms. The molecule has 0 saturated carbocycles. The Morgan fingerprint density at radius 2 is 1.82 bits per heavy atom. The zero-order chi connectivity index (χ0) is 24.7. The van der Waals surface area contributed by atoms with Crippen LogP contribution in [0, 0.1) is 0 Å². The highest BCUT2D eigenvalue weighted by atomic mass is 16.5. The normalized spacial score (nSPS) is 17.0. The predicted octanol–water partition coefficient (Wildman–Crippen LogP) is 3.73. The molecule has 34 heavy (non-hydrogen) atoms. The van der Waals surface area contributed by atoms with Gasteiger partial charge in [0, 0.05) is 19.2 Å². The van der Waals surface area contributed by atoms with Gasteiger partial charge in [-0.1, -0.05) is 18.7 Å². The van der Waals surface area contributed by atoms with Gasteiger partial charge < -0.3 is 29.0 Å². The molecule has 0 aromatic heterocycles. The molecule has 1 aliphatic rings. The second-order valence-corrected chi connectivity index (χ2v) is 7.45. The van der Waals surface area contributed by atoms with Gasteiger partial charge in [0.1, 0.15) is 18.1 Å². The minimum absolute atomic E-state index is 0.00734. The first-order valence-electron chi connectivity index (χ1n) is 10.9. The molecular weight excluding hydrogens is 438 g/mol. The van der Waals surface area contributed by atoms with Crippen LogP contribution < -0.4 is 14.2 Å². The number of Topliss-reactive ketones (excluding diaryl/α,β-unsaturated/α-hetero) is 1. The second kappa shape index (κ2) is 11.4. The van der Waals surface area contributed by atoms with Crippen molar-refractivity contribution in [2.75, 3.05) is 40.6 Å². The van der Waals surface area contributed by atoms with Crippen molar-refractivity contribution < 1.29 is 33.6 Å². The number of benzene rings is 2. The van der Waals surface area contributed by atoms with Crippen LogP contribution in [-0.4, -0.2) is 62.3 Å². The van der Waals surface area contributed by atoms with Crippen LogP contribution in [0.4, 0.5) is 0 Å². The molecular formula is C26H29NO7. The van der Waals surface area contributed by atoms with Crippen molar-refractivity contribution in [1.82, 2.24) is 4.90 Å². The van der Waals surface area contributed by atoms with Gasteiger partial charge >= 0.3 is 0 Å². The standard InChI is InChI=1S/C26H29NO7/c1-5-14-34-20-12-9-18(16-21(20)32-4)23-22(25(29)26(30)27(23)13-15-31-3)24(28)17-7-10-19(11-8-17)33-6-2/h5,7-12,16,23,28H,1,6,13-15H2,2-4H3/b24-22-. The topological polar surface area (TPSA) is 94.5 Å². The van der Waals surface area contributed by atoms with Crippen LogP contribution in [0.1, 0.15) is 24.1 Å². The van der Waals surface area contributed by atoms with Gasteiger partial charge in [-0.25, -0.2) is 0 Å². The number of hydrogen-bond donors (Lipinski definition) is 1. The highest BCUT2D eigenvalue weighted by molar-refractivity contribution is 6.46.